The molecule has 0 saturated carbocycles. The molecule has 26 heavy (non-hydrogen) atoms. The molecule has 0 aliphatic rings. The van der Waals surface area contributed by atoms with Crippen LogP contribution in [0.2, 0.25) is 0 Å². The first-order chi connectivity index (χ1) is 12.5. The van der Waals surface area contributed by atoms with Crippen molar-refractivity contribution in [2.45, 2.75) is 18.9 Å². The molecule has 1 amide bonds. The molecular weight excluding hydrogens is 349 g/mol. The lowest BCUT2D eigenvalue weighted by Crippen LogP contribution is -2.37. The number of aromatic nitrogens is 1. The zero-order valence-electron chi connectivity index (χ0n) is 14.9. The number of nitrogens with one attached hydrogen (secondary N) is 1. The van der Waals surface area contributed by atoms with Gasteiger partial charge in [0, 0.05) is 13.0 Å². The summed E-state index contributed by atoms with van der Waals surface area (Å²) in [7, 11) is 3.68. The molecule has 3 rings (SSSR count). The Hall–Kier alpha value is -2.31. The van der Waals surface area contributed by atoms with E-state index in [1.54, 1.807) is 23.5 Å². The first-order valence-corrected chi connectivity index (χ1v) is 9.40. The summed E-state index contributed by atoms with van der Waals surface area (Å²) < 4.78 is 14.3. The second-order valence-electron chi connectivity index (χ2n) is 6.39. The van der Waals surface area contributed by atoms with Crippen LogP contribution in [0.1, 0.15) is 23.0 Å². The molecule has 0 bridgehead atoms. The summed E-state index contributed by atoms with van der Waals surface area (Å²) in [5.74, 6) is -0.381. The van der Waals surface area contributed by atoms with Crippen molar-refractivity contribution in [1.82, 2.24) is 15.2 Å². The average Bonchev–Trinajstić information content (AvgIpc) is 3.03. The number of carbonyl (C=O) groups excluding carboxylic acids is 1. The molecule has 0 aliphatic carbocycles. The number of aryl methyl sites for hydroxylation is 1. The number of hydrogen-bond donors (Lipinski definition) is 1. The maximum absolute atomic E-state index is 13.1. The molecule has 2 aromatic carbocycles. The van der Waals surface area contributed by atoms with Crippen LogP contribution in [0.5, 0.6) is 0 Å². The molecule has 1 N–H and O–H groups in total. The molecule has 4 nitrogen and oxygen atoms in total. The monoisotopic (exact) mass is 371 g/mol. The van der Waals surface area contributed by atoms with E-state index in [0.29, 0.717) is 6.54 Å². The Kier molecular flexibility index (Phi) is 5.96. The predicted octanol–water partition coefficient (Wildman–Crippen LogP) is 3.79. The van der Waals surface area contributed by atoms with E-state index in [1.165, 1.54) is 16.8 Å². The molecule has 136 valence electrons. The lowest BCUT2D eigenvalue weighted by molar-refractivity contribution is -0.125. The molecule has 1 unspecified atom stereocenters. The number of hydrogen-bond acceptors (Lipinski definition) is 4. The van der Waals surface area contributed by atoms with Crippen molar-refractivity contribution in [1.29, 1.82) is 0 Å². The molecule has 0 fully saturated rings. The fraction of sp³-hybridized carbons (Fsp3) is 0.300. The van der Waals surface area contributed by atoms with Crippen molar-refractivity contribution in [3.05, 3.63) is 64.9 Å². The minimum Gasteiger partial charge on any atom is -0.354 e. The van der Waals surface area contributed by atoms with Crippen LogP contribution in [0.25, 0.3) is 10.2 Å². The zero-order valence-corrected chi connectivity index (χ0v) is 15.7. The van der Waals surface area contributed by atoms with E-state index < -0.39 is 6.04 Å². The van der Waals surface area contributed by atoms with Gasteiger partial charge in [0.1, 0.15) is 11.9 Å². The first-order valence-electron chi connectivity index (χ1n) is 8.58. The molecule has 1 atom stereocenters. The molecule has 6 heteroatoms. The summed E-state index contributed by atoms with van der Waals surface area (Å²) in [6.45, 7) is 0.584. The number of nitrogens with zero attached hydrogens (tertiary/aromatic N) is 2. The average molecular weight is 371 g/mol. The van der Waals surface area contributed by atoms with Gasteiger partial charge >= 0.3 is 0 Å². The zero-order chi connectivity index (χ0) is 18.5. The third kappa shape index (κ3) is 4.45. The molecular formula is C20H22FN3OS. The van der Waals surface area contributed by atoms with Gasteiger partial charge < -0.3 is 5.32 Å². The molecule has 0 aliphatic heterocycles. The van der Waals surface area contributed by atoms with Crippen LogP contribution in [-0.4, -0.2) is 36.4 Å². The van der Waals surface area contributed by atoms with Gasteiger partial charge in [0.15, 0.2) is 0 Å². The van der Waals surface area contributed by atoms with Gasteiger partial charge in [-0.3, -0.25) is 9.69 Å². The SMILES string of the molecule is CN(C)C(C(=O)NCCCc1nc2ccccc2s1)c1ccc(F)cc1. The van der Waals surface area contributed by atoms with Gasteiger partial charge in [0.05, 0.1) is 15.2 Å². The van der Waals surface area contributed by atoms with Gasteiger partial charge in [0.25, 0.3) is 0 Å². The van der Waals surface area contributed by atoms with Gasteiger partial charge in [-0.15, -0.1) is 11.3 Å². The highest BCUT2D eigenvalue weighted by Gasteiger charge is 2.22. The van der Waals surface area contributed by atoms with Crippen LogP contribution in [-0.2, 0) is 11.2 Å². The third-order valence-corrected chi connectivity index (χ3v) is 5.25. The minimum atomic E-state index is -0.432. The topological polar surface area (TPSA) is 45.2 Å². The Morgan fingerprint density at radius 1 is 1.19 bits per heavy atom. The molecule has 0 spiro atoms. The van der Waals surface area contributed by atoms with E-state index in [4.69, 9.17) is 0 Å². The molecule has 0 radical (unpaired) electrons. The van der Waals surface area contributed by atoms with Crippen molar-refractivity contribution in [2.75, 3.05) is 20.6 Å². The van der Waals surface area contributed by atoms with Crippen LogP contribution in [0, 0.1) is 5.82 Å². The van der Waals surface area contributed by atoms with Crippen molar-refractivity contribution < 1.29 is 9.18 Å². The molecule has 0 saturated heterocycles. The van der Waals surface area contributed by atoms with E-state index in [0.717, 1.165) is 28.9 Å². The number of thiazole rings is 1. The van der Waals surface area contributed by atoms with Gasteiger partial charge in [-0.25, -0.2) is 9.37 Å². The van der Waals surface area contributed by atoms with Crippen LogP contribution in [0.3, 0.4) is 0 Å². The molecule has 3 aromatic rings. The van der Waals surface area contributed by atoms with Gasteiger partial charge in [-0.1, -0.05) is 24.3 Å². The maximum atomic E-state index is 13.1. The number of likely N-dealkylation sites (N-methyl/N-ethyl adjacent to an activating group) is 1. The van der Waals surface area contributed by atoms with Gasteiger partial charge in [0.2, 0.25) is 5.91 Å². The lowest BCUT2D eigenvalue weighted by Gasteiger charge is -2.23. The highest BCUT2D eigenvalue weighted by Crippen LogP contribution is 2.22. The van der Waals surface area contributed by atoms with Crippen molar-refractivity contribution in [2.24, 2.45) is 0 Å². The number of rotatable bonds is 7. The number of carbonyl (C=O) groups is 1. The van der Waals surface area contributed by atoms with Gasteiger partial charge in [-0.2, -0.15) is 0 Å². The number of halogens is 1. The van der Waals surface area contributed by atoms with E-state index in [-0.39, 0.29) is 11.7 Å². The number of amides is 1. The summed E-state index contributed by atoms with van der Waals surface area (Å²) >= 11 is 1.70. The molecule has 1 aromatic heterocycles. The Bertz CT molecular complexity index is 843. The molecule has 1 heterocycles. The van der Waals surface area contributed by atoms with Crippen molar-refractivity contribution in [3.8, 4) is 0 Å². The van der Waals surface area contributed by atoms with Gasteiger partial charge in [-0.05, 0) is 50.3 Å². The fourth-order valence-corrected chi connectivity index (χ4v) is 3.91. The van der Waals surface area contributed by atoms with E-state index in [1.807, 2.05) is 37.2 Å². The lowest BCUT2D eigenvalue weighted by atomic mass is 10.1. The Labute approximate surface area is 156 Å². The van der Waals surface area contributed by atoms with Crippen LogP contribution < -0.4 is 5.32 Å². The fourth-order valence-electron chi connectivity index (χ4n) is 2.90. The maximum Gasteiger partial charge on any atom is 0.241 e. The summed E-state index contributed by atoms with van der Waals surface area (Å²) in [5, 5.41) is 4.07. The van der Waals surface area contributed by atoms with Crippen LogP contribution >= 0.6 is 11.3 Å². The highest BCUT2D eigenvalue weighted by atomic mass is 32.1. The summed E-state index contributed by atoms with van der Waals surface area (Å²) in [6.07, 6.45) is 1.66. The van der Waals surface area contributed by atoms with Crippen molar-refractivity contribution in [3.63, 3.8) is 0 Å². The second kappa shape index (κ2) is 8.38. The van der Waals surface area contributed by atoms with Crippen LogP contribution in [0.15, 0.2) is 48.5 Å². The highest BCUT2D eigenvalue weighted by molar-refractivity contribution is 7.18. The minimum absolute atomic E-state index is 0.0779. The number of para-hydroxylation sites is 1. The standard InChI is InChI=1S/C20H22FN3OS/c1-24(2)19(14-9-11-15(21)12-10-14)20(25)22-13-5-8-18-23-16-6-3-4-7-17(16)26-18/h3-4,6-7,9-12,19H,5,8,13H2,1-2H3,(H,22,25). The number of benzene rings is 2. The Balaban J connectivity index is 1.54. The van der Waals surface area contributed by atoms with E-state index in [9.17, 15) is 9.18 Å². The Morgan fingerprint density at radius 3 is 2.62 bits per heavy atom. The first kappa shape index (κ1) is 18.5. The number of fused-ring (bicyclic) bond motifs is 1. The Morgan fingerprint density at radius 2 is 1.92 bits per heavy atom. The van der Waals surface area contributed by atoms with Crippen molar-refractivity contribution >= 4 is 27.5 Å². The van der Waals surface area contributed by atoms with E-state index in [2.05, 4.69) is 16.4 Å². The summed E-state index contributed by atoms with van der Waals surface area (Å²) in [4.78, 5) is 19.0. The second-order valence-corrected chi connectivity index (χ2v) is 7.50. The largest absolute Gasteiger partial charge is 0.354 e. The van der Waals surface area contributed by atoms with Crippen LogP contribution in [0.4, 0.5) is 4.39 Å². The third-order valence-electron chi connectivity index (χ3n) is 4.16. The quantitative estimate of drug-likeness (QED) is 0.643. The van der Waals surface area contributed by atoms with E-state index >= 15 is 0 Å². The predicted molar refractivity (Wildman–Crippen MR) is 104 cm³/mol. The summed E-state index contributed by atoms with van der Waals surface area (Å²) in [5.41, 5.74) is 1.81. The smallest absolute Gasteiger partial charge is 0.241 e. The normalized spacial score (nSPS) is 12.5. The summed E-state index contributed by atoms with van der Waals surface area (Å²) in [6, 6.07) is 13.7.